The third kappa shape index (κ3) is 7.47. The van der Waals surface area contributed by atoms with Gasteiger partial charge in [0.1, 0.15) is 12.7 Å². The molecule has 1 N–H and O–H groups in total. The number of aliphatic hydroxyl groups is 1. The Balaban J connectivity index is 2.00. The van der Waals surface area contributed by atoms with Crippen LogP contribution in [0.2, 0.25) is 0 Å². The first-order valence-electron chi connectivity index (χ1n) is 12.6. The third-order valence-corrected chi connectivity index (χ3v) is 6.51. The Morgan fingerprint density at radius 1 is 0.875 bits per heavy atom. The van der Waals surface area contributed by atoms with E-state index in [9.17, 15) is 29.1 Å². The van der Waals surface area contributed by atoms with Gasteiger partial charge >= 0.3 is 29.8 Å². The second-order valence-electron chi connectivity index (χ2n) is 9.49. The van der Waals surface area contributed by atoms with E-state index >= 15 is 0 Å². The van der Waals surface area contributed by atoms with Crippen LogP contribution in [0.15, 0.2) is 11.8 Å². The molecule has 3 aliphatic rings. The number of carbonyl (C=O) groups excluding carboxylic acids is 5. The van der Waals surface area contributed by atoms with Crippen LogP contribution in [-0.2, 0) is 66.6 Å². The van der Waals surface area contributed by atoms with Crippen molar-refractivity contribution in [2.24, 2.45) is 11.8 Å². The molecule has 10 atom stereocenters. The van der Waals surface area contributed by atoms with Crippen molar-refractivity contribution < 1.29 is 71.7 Å². The van der Waals surface area contributed by atoms with Gasteiger partial charge < -0.3 is 47.7 Å². The minimum atomic E-state index is -1.52. The fourth-order valence-electron chi connectivity index (χ4n) is 5.03. The Morgan fingerprint density at radius 2 is 1.48 bits per heavy atom. The molecule has 0 aromatic heterocycles. The Hall–Kier alpha value is -3.27. The number of ether oxygens (including phenoxy) is 9. The summed E-state index contributed by atoms with van der Waals surface area (Å²) in [6.07, 6.45) is -8.90. The molecule has 0 spiro atoms. The summed E-state index contributed by atoms with van der Waals surface area (Å²) < 4.78 is 49.5. The van der Waals surface area contributed by atoms with Crippen LogP contribution >= 0.6 is 0 Å². The minimum Gasteiger partial charge on any atom is -0.471 e. The van der Waals surface area contributed by atoms with E-state index in [0.717, 1.165) is 34.0 Å². The van der Waals surface area contributed by atoms with Crippen molar-refractivity contribution in [3.63, 3.8) is 0 Å². The second-order valence-corrected chi connectivity index (χ2v) is 9.49. The van der Waals surface area contributed by atoms with Crippen LogP contribution in [0.4, 0.5) is 0 Å². The summed E-state index contributed by atoms with van der Waals surface area (Å²) in [5.74, 6) is -5.00. The van der Waals surface area contributed by atoms with E-state index in [1.807, 2.05) is 0 Å². The first-order chi connectivity index (χ1) is 18.8. The Kier molecular flexibility index (Phi) is 10.5. The smallest absolute Gasteiger partial charge is 0.337 e. The van der Waals surface area contributed by atoms with Crippen LogP contribution < -0.4 is 0 Å². The molecule has 2 saturated heterocycles. The van der Waals surface area contributed by atoms with Gasteiger partial charge in [-0.3, -0.25) is 19.2 Å². The van der Waals surface area contributed by atoms with Crippen molar-refractivity contribution in [1.82, 2.24) is 0 Å². The number of methoxy groups -OCH3 is 1. The minimum absolute atomic E-state index is 0.0255. The molecule has 0 aromatic rings. The number of hydrogen-bond acceptors (Lipinski definition) is 15. The zero-order valence-electron chi connectivity index (χ0n) is 22.9. The largest absolute Gasteiger partial charge is 0.471 e. The highest BCUT2D eigenvalue weighted by Crippen LogP contribution is 2.43. The van der Waals surface area contributed by atoms with E-state index < -0.39 is 97.7 Å². The molecule has 0 radical (unpaired) electrons. The predicted molar refractivity (Wildman–Crippen MR) is 126 cm³/mol. The molecule has 15 nitrogen and oxygen atoms in total. The summed E-state index contributed by atoms with van der Waals surface area (Å²) in [5.41, 5.74) is 0.156. The zero-order valence-corrected chi connectivity index (χ0v) is 22.9. The average Bonchev–Trinajstić information content (AvgIpc) is 2.84. The van der Waals surface area contributed by atoms with Crippen molar-refractivity contribution in [2.45, 2.75) is 90.4 Å². The van der Waals surface area contributed by atoms with Crippen LogP contribution in [0.5, 0.6) is 0 Å². The molecule has 0 bridgehead atoms. The lowest BCUT2D eigenvalue weighted by molar-refractivity contribution is -0.354. The predicted octanol–water partition coefficient (Wildman–Crippen LogP) is -0.141. The molecule has 224 valence electrons. The lowest BCUT2D eigenvalue weighted by Gasteiger charge is -2.48. The van der Waals surface area contributed by atoms with E-state index in [1.54, 1.807) is 6.92 Å². The van der Waals surface area contributed by atoms with Gasteiger partial charge in [-0.25, -0.2) is 4.79 Å². The molecule has 0 unspecified atom stereocenters. The van der Waals surface area contributed by atoms with Crippen molar-refractivity contribution in [1.29, 1.82) is 0 Å². The summed E-state index contributed by atoms with van der Waals surface area (Å²) in [6, 6.07) is 0. The third-order valence-electron chi connectivity index (χ3n) is 6.51. The molecule has 3 aliphatic heterocycles. The highest BCUT2D eigenvalue weighted by atomic mass is 16.8. The maximum atomic E-state index is 12.4. The fraction of sp³-hybridized carbons (Fsp3) is 0.720. The highest BCUT2D eigenvalue weighted by Gasteiger charge is 2.55. The normalized spacial score (nSPS) is 35.1. The van der Waals surface area contributed by atoms with Gasteiger partial charge in [0.15, 0.2) is 24.6 Å². The van der Waals surface area contributed by atoms with Crippen LogP contribution in [-0.4, -0.2) is 98.1 Å². The van der Waals surface area contributed by atoms with Gasteiger partial charge in [0, 0.05) is 40.0 Å². The number of esters is 5. The molecule has 40 heavy (non-hydrogen) atoms. The SMILES string of the molecule is COC(=O)C1=CO[C@@H](O[C@@H]2O[C@H](COC(C)=O)[C@@H](OC(C)=O)[C@H](OC(C)=O)[C@H]2OC(C)=O)[C@@H]2[C@H](C)O[C@H](O)C[C@H]12. The van der Waals surface area contributed by atoms with Crippen LogP contribution in [0.1, 0.15) is 41.0 Å². The van der Waals surface area contributed by atoms with Crippen LogP contribution in [0.25, 0.3) is 0 Å². The molecule has 0 amide bonds. The lowest BCUT2D eigenvalue weighted by Crippen LogP contribution is -2.64. The molecule has 0 saturated carbocycles. The summed E-state index contributed by atoms with van der Waals surface area (Å²) >= 11 is 0. The molecule has 0 aromatic carbocycles. The summed E-state index contributed by atoms with van der Waals surface area (Å²) in [5, 5.41) is 10.2. The van der Waals surface area contributed by atoms with E-state index in [1.165, 1.54) is 7.11 Å². The van der Waals surface area contributed by atoms with Gasteiger partial charge in [0.25, 0.3) is 0 Å². The van der Waals surface area contributed by atoms with E-state index in [-0.39, 0.29) is 12.0 Å². The molecular weight excluding hydrogens is 540 g/mol. The second kappa shape index (κ2) is 13.4. The standard InChI is InChI=1S/C25H34O15/c1-10-19-15(7-18(30)35-10)16(23(31)32-6)8-34-24(19)40-25-22(38-14(5)29)21(37-13(4)28)20(36-12(3)27)17(39-25)9-33-11(2)26/h8,10,15,17-22,24-25,30H,7,9H2,1-6H3/t10-,15+,17+,18-,19+,20+,21-,22+,24-,25-/m0/s1. The van der Waals surface area contributed by atoms with Gasteiger partial charge in [0.05, 0.1) is 31.0 Å². The van der Waals surface area contributed by atoms with E-state index in [2.05, 4.69) is 0 Å². The van der Waals surface area contributed by atoms with Gasteiger partial charge in [-0.05, 0) is 6.92 Å². The molecule has 3 heterocycles. The first-order valence-corrected chi connectivity index (χ1v) is 12.6. The fourth-order valence-corrected chi connectivity index (χ4v) is 5.03. The highest BCUT2D eigenvalue weighted by molar-refractivity contribution is 5.89. The molecule has 0 aliphatic carbocycles. The van der Waals surface area contributed by atoms with Gasteiger partial charge in [-0.15, -0.1) is 0 Å². The van der Waals surface area contributed by atoms with Crippen molar-refractivity contribution in [3.8, 4) is 0 Å². The Morgan fingerprint density at radius 3 is 2.05 bits per heavy atom. The quantitative estimate of drug-likeness (QED) is 0.298. The van der Waals surface area contributed by atoms with E-state index in [0.29, 0.717) is 0 Å². The average molecular weight is 575 g/mol. The molecule has 3 rings (SSSR count). The lowest BCUT2D eigenvalue weighted by atomic mass is 9.77. The van der Waals surface area contributed by atoms with Gasteiger partial charge in [-0.2, -0.15) is 0 Å². The summed E-state index contributed by atoms with van der Waals surface area (Å²) in [7, 11) is 1.21. The molecule has 2 fully saturated rings. The summed E-state index contributed by atoms with van der Waals surface area (Å²) in [6.45, 7) is 5.67. The molecular formula is C25H34O15. The van der Waals surface area contributed by atoms with Gasteiger partial charge in [-0.1, -0.05) is 0 Å². The molecule has 15 heteroatoms. The van der Waals surface area contributed by atoms with Crippen LogP contribution in [0.3, 0.4) is 0 Å². The zero-order chi connectivity index (χ0) is 29.7. The number of fused-ring (bicyclic) bond motifs is 1. The maximum absolute atomic E-state index is 12.4. The van der Waals surface area contributed by atoms with Crippen LogP contribution in [0, 0.1) is 11.8 Å². The number of aliphatic hydroxyl groups excluding tert-OH is 1. The number of rotatable bonds is 8. The van der Waals surface area contributed by atoms with Crippen molar-refractivity contribution in [3.05, 3.63) is 11.8 Å². The Bertz CT molecular complexity index is 1010. The van der Waals surface area contributed by atoms with Crippen molar-refractivity contribution in [2.75, 3.05) is 13.7 Å². The first kappa shape index (κ1) is 31.3. The summed E-state index contributed by atoms with van der Waals surface area (Å²) in [4.78, 5) is 60.0. The van der Waals surface area contributed by atoms with Crippen molar-refractivity contribution >= 4 is 29.8 Å². The number of carbonyl (C=O) groups is 5. The Labute approximate surface area is 229 Å². The van der Waals surface area contributed by atoms with Gasteiger partial charge in [0.2, 0.25) is 12.6 Å². The monoisotopic (exact) mass is 574 g/mol. The maximum Gasteiger partial charge on any atom is 0.337 e. The van der Waals surface area contributed by atoms with E-state index in [4.69, 9.17) is 42.6 Å². The topological polar surface area (TPSA) is 189 Å². The number of hydrogen-bond donors (Lipinski definition) is 1.